The van der Waals surface area contributed by atoms with Crippen LogP contribution in [0.5, 0.6) is 0 Å². The summed E-state index contributed by atoms with van der Waals surface area (Å²) in [6, 6.07) is 5.34. The van der Waals surface area contributed by atoms with E-state index >= 15 is 0 Å². The number of nitrogens with zero attached hydrogens (tertiary/aromatic N) is 2. The lowest BCUT2D eigenvalue weighted by molar-refractivity contribution is -0.136. The first-order chi connectivity index (χ1) is 8.48. The second-order valence-electron chi connectivity index (χ2n) is 5.39. The van der Waals surface area contributed by atoms with Crippen LogP contribution in [0.4, 0.5) is 5.82 Å². The van der Waals surface area contributed by atoms with Crippen LogP contribution in [-0.2, 0) is 9.59 Å². The van der Waals surface area contributed by atoms with Gasteiger partial charge in [-0.1, -0.05) is 19.9 Å². The van der Waals surface area contributed by atoms with Crippen molar-refractivity contribution in [2.24, 2.45) is 16.3 Å². The van der Waals surface area contributed by atoms with E-state index in [4.69, 9.17) is 0 Å². The molecule has 1 aliphatic carbocycles. The fourth-order valence-electron chi connectivity index (χ4n) is 2.15. The Balaban J connectivity index is 2.13. The highest BCUT2D eigenvalue weighted by Gasteiger charge is 2.38. The van der Waals surface area contributed by atoms with E-state index in [1.165, 1.54) is 6.21 Å². The molecule has 1 aromatic rings. The van der Waals surface area contributed by atoms with Gasteiger partial charge in [-0.05, 0) is 17.5 Å². The third-order valence-corrected chi connectivity index (χ3v) is 3.00. The van der Waals surface area contributed by atoms with Crippen LogP contribution in [0.15, 0.2) is 29.4 Å². The minimum Gasteiger partial charge on any atom is -0.298 e. The number of carbonyl (C=O) groups is 2. The van der Waals surface area contributed by atoms with E-state index in [0.29, 0.717) is 18.7 Å². The fourth-order valence-corrected chi connectivity index (χ4v) is 2.15. The van der Waals surface area contributed by atoms with Crippen LogP contribution in [0, 0.1) is 11.3 Å². The summed E-state index contributed by atoms with van der Waals surface area (Å²) in [4.78, 5) is 31.9. The molecular weight excluding hydrogens is 228 g/mol. The van der Waals surface area contributed by atoms with E-state index in [1.807, 2.05) is 19.9 Å². The Hall–Kier alpha value is -1.84. The third kappa shape index (κ3) is 2.88. The molecule has 1 heterocycles. The number of rotatable bonds is 2. The van der Waals surface area contributed by atoms with Crippen molar-refractivity contribution >= 4 is 23.6 Å². The summed E-state index contributed by atoms with van der Waals surface area (Å²) < 4.78 is 0. The second kappa shape index (κ2) is 4.80. The Kier molecular flexibility index (Phi) is 3.36. The summed E-state index contributed by atoms with van der Waals surface area (Å²) >= 11 is 0. The standard InChI is InChI=1S/C14H16N2O2/c1-14(2)7-11(17)10(12(18)8-14)9-16-13-5-3-4-6-15-13/h3-6,9-10H,7-8H2,1-2H3. The molecule has 0 unspecified atom stereocenters. The van der Waals surface area contributed by atoms with Gasteiger partial charge in [-0.15, -0.1) is 0 Å². The average molecular weight is 244 g/mol. The molecule has 0 aliphatic heterocycles. The zero-order chi connectivity index (χ0) is 13.2. The molecule has 1 aliphatic rings. The molecule has 1 fully saturated rings. The zero-order valence-electron chi connectivity index (χ0n) is 10.6. The van der Waals surface area contributed by atoms with Crippen molar-refractivity contribution in [3.63, 3.8) is 0 Å². The molecule has 0 radical (unpaired) electrons. The molecule has 1 aromatic heterocycles. The number of Topliss-reactive ketones (excluding diaryl/α,β-unsaturated/α-hetero) is 2. The van der Waals surface area contributed by atoms with Crippen LogP contribution in [-0.4, -0.2) is 22.8 Å². The van der Waals surface area contributed by atoms with Gasteiger partial charge in [-0.2, -0.15) is 0 Å². The van der Waals surface area contributed by atoms with Crippen LogP contribution >= 0.6 is 0 Å². The lowest BCUT2D eigenvalue weighted by Gasteiger charge is -2.30. The van der Waals surface area contributed by atoms with Crippen molar-refractivity contribution in [1.29, 1.82) is 0 Å². The first kappa shape index (κ1) is 12.6. The molecule has 94 valence electrons. The highest BCUT2D eigenvalue weighted by Crippen LogP contribution is 2.33. The van der Waals surface area contributed by atoms with E-state index in [1.54, 1.807) is 18.3 Å². The van der Waals surface area contributed by atoms with Gasteiger partial charge in [0.2, 0.25) is 0 Å². The van der Waals surface area contributed by atoms with Crippen LogP contribution < -0.4 is 0 Å². The van der Waals surface area contributed by atoms with Crippen molar-refractivity contribution in [2.75, 3.05) is 0 Å². The zero-order valence-corrected chi connectivity index (χ0v) is 10.6. The van der Waals surface area contributed by atoms with Crippen molar-refractivity contribution < 1.29 is 9.59 Å². The molecular formula is C14H16N2O2. The summed E-state index contributed by atoms with van der Waals surface area (Å²) in [7, 11) is 0. The Morgan fingerprint density at radius 1 is 1.28 bits per heavy atom. The molecule has 0 aromatic carbocycles. The number of aliphatic imine (C=N–C) groups is 1. The van der Waals surface area contributed by atoms with Gasteiger partial charge in [0, 0.05) is 25.3 Å². The molecule has 1 saturated carbocycles. The van der Waals surface area contributed by atoms with Crippen LogP contribution in [0.1, 0.15) is 26.7 Å². The highest BCUT2D eigenvalue weighted by atomic mass is 16.2. The summed E-state index contributed by atoms with van der Waals surface area (Å²) in [5.41, 5.74) is -0.219. The second-order valence-corrected chi connectivity index (χ2v) is 5.39. The molecule has 4 nitrogen and oxygen atoms in total. The first-order valence-corrected chi connectivity index (χ1v) is 5.99. The third-order valence-electron chi connectivity index (χ3n) is 3.00. The molecule has 0 N–H and O–H groups in total. The van der Waals surface area contributed by atoms with Gasteiger partial charge < -0.3 is 0 Å². The minimum absolute atomic E-state index is 0.0454. The molecule has 4 heteroatoms. The number of hydrogen-bond donors (Lipinski definition) is 0. The predicted molar refractivity (Wildman–Crippen MR) is 68.9 cm³/mol. The molecule has 0 bridgehead atoms. The first-order valence-electron chi connectivity index (χ1n) is 5.99. The number of carbonyl (C=O) groups excluding carboxylic acids is 2. The number of pyridine rings is 1. The van der Waals surface area contributed by atoms with Crippen molar-refractivity contribution in [3.8, 4) is 0 Å². The monoisotopic (exact) mass is 244 g/mol. The Morgan fingerprint density at radius 2 is 1.94 bits per heavy atom. The van der Waals surface area contributed by atoms with Gasteiger partial charge in [-0.3, -0.25) is 9.59 Å². The van der Waals surface area contributed by atoms with Crippen molar-refractivity contribution in [3.05, 3.63) is 24.4 Å². The topological polar surface area (TPSA) is 59.4 Å². The van der Waals surface area contributed by atoms with Crippen LogP contribution in [0.2, 0.25) is 0 Å². The maximum Gasteiger partial charge on any atom is 0.151 e. The Labute approximate surface area is 106 Å². The smallest absolute Gasteiger partial charge is 0.151 e. The maximum absolute atomic E-state index is 11.9. The van der Waals surface area contributed by atoms with Gasteiger partial charge in [0.1, 0.15) is 17.5 Å². The van der Waals surface area contributed by atoms with E-state index in [2.05, 4.69) is 9.98 Å². The normalized spacial score (nSPS) is 20.6. The number of ketones is 2. The van der Waals surface area contributed by atoms with Gasteiger partial charge >= 0.3 is 0 Å². The molecule has 0 amide bonds. The molecule has 0 saturated heterocycles. The van der Waals surface area contributed by atoms with E-state index < -0.39 is 5.92 Å². The Bertz CT molecular complexity index is 472. The van der Waals surface area contributed by atoms with E-state index in [9.17, 15) is 9.59 Å². The van der Waals surface area contributed by atoms with Crippen LogP contribution in [0.3, 0.4) is 0 Å². The molecule has 18 heavy (non-hydrogen) atoms. The summed E-state index contributed by atoms with van der Waals surface area (Å²) in [6.07, 6.45) is 3.91. The van der Waals surface area contributed by atoms with Crippen molar-refractivity contribution in [2.45, 2.75) is 26.7 Å². The van der Waals surface area contributed by atoms with Crippen LogP contribution in [0.25, 0.3) is 0 Å². The fraction of sp³-hybridized carbons (Fsp3) is 0.429. The summed E-state index contributed by atoms with van der Waals surface area (Å²) in [5.74, 6) is -0.269. The lowest BCUT2D eigenvalue weighted by Crippen LogP contribution is -2.38. The van der Waals surface area contributed by atoms with Gasteiger partial charge in [-0.25, -0.2) is 9.98 Å². The molecule has 0 atom stereocenters. The average Bonchev–Trinajstić information content (AvgIpc) is 2.27. The molecule has 2 rings (SSSR count). The quantitative estimate of drug-likeness (QED) is 0.592. The van der Waals surface area contributed by atoms with Gasteiger partial charge in [0.05, 0.1) is 0 Å². The van der Waals surface area contributed by atoms with E-state index in [-0.39, 0.29) is 17.0 Å². The molecule has 0 spiro atoms. The summed E-state index contributed by atoms with van der Waals surface area (Å²) in [5, 5.41) is 0. The summed E-state index contributed by atoms with van der Waals surface area (Å²) in [6.45, 7) is 3.88. The van der Waals surface area contributed by atoms with E-state index in [0.717, 1.165) is 0 Å². The minimum atomic E-state index is -0.694. The Morgan fingerprint density at radius 3 is 2.50 bits per heavy atom. The largest absolute Gasteiger partial charge is 0.298 e. The number of hydrogen-bond acceptors (Lipinski definition) is 4. The predicted octanol–water partition coefficient (Wildman–Crippen LogP) is 2.36. The van der Waals surface area contributed by atoms with Gasteiger partial charge in [0.25, 0.3) is 0 Å². The van der Waals surface area contributed by atoms with Crippen molar-refractivity contribution in [1.82, 2.24) is 4.98 Å². The van der Waals surface area contributed by atoms with Gasteiger partial charge in [0.15, 0.2) is 5.82 Å². The maximum atomic E-state index is 11.9. The number of aromatic nitrogens is 1. The lowest BCUT2D eigenvalue weighted by atomic mass is 9.72. The SMILES string of the molecule is CC1(C)CC(=O)C(C=Nc2ccccn2)C(=O)C1. The highest BCUT2D eigenvalue weighted by molar-refractivity contribution is 6.16.